The second-order valence-corrected chi connectivity index (χ2v) is 10.5. The van der Waals surface area contributed by atoms with Crippen molar-refractivity contribution in [2.45, 2.75) is 64.4 Å². The van der Waals surface area contributed by atoms with Gasteiger partial charge in [-0.15, -0.1) is 10.2 Å². The van der Waals surface area contributed by atoms with Crippen LogP contribution in [-0.4, -0.2) is 66.2 Å². The van der Waals surface area contributed by atoms with Crippen molar-refractivity contribution >= 4 is 16.9 Å². The van der Waals surface area contributed by atoms with Crippen molar-refractivity contribution in [3.63, 3.8) is 0 Å². The minimum atomic E-state index is -1.47. The van der Waals surface area contributed by atoms with Gasteiger partial charge in [0, 0.05) is 31.5 Å². The van der Waals surface area contributed by atoms with Crippen molar-refractivity contribution in [3.8, 4) is 17.2 Å². The number of hydrogen-bond acceptors (Lipinski definition) is 9. The van der Waals surface area contributed by atoms with E-state index in [1.54, 1.807) is 45.0 Å². The van der Waals surface area contributed by atoms with Gasteiger partial charge in [0.1, 0.15) is 34.3 Å². The Kier molecular flexibility index (Phi) is 10.4. The second-order valence-electron chi connectivity index (χ2n) is 8.89. The van der Waals surface area contributed by atoms with Crippen LogP contribution in [0.5, 0.6) is 11.5 Å². The van der Waals surface area contributed by atoms with E-state index in [4.69, 9.17) is 19.3 Å². The summed E-state index contributed by atoms with van der Waals surface area (Å²) in [6, 6.07) is 5.50. The molecule has 3 aromatic rings. The number of ether oxygens (including phenoxy) is 3. The Morgan fingerprint density at radius 1 is 1.16 bits per heavy atom. The molecule has 3 unspecified atom stereocenters. The number of aryl methyl sites for hydroxylation is 1. The molecule has 3 atom stereocenters. The van der Waals surface area contributed by atoms with Crippen LogP contribution < -0.4 is 14.2 Å². The zero-order valence-electron chi connectivity index (χ0n) is 22.2. The third-order valence-corrected chi connectivity index (χ3v) is 6.70. The number of anilines is 1. The maximum Gasteiger partial charge on any atom is 0.241 e. The van der Waals surface area contributed by atoms with Crippen molar-refractivity contribution in [2.75, 3.05) is 25.5 Å². The van der Waals surface area contributed by atoms with Gasteiger partial charge in [-0.25, -0.2) is 4.21 Å². The molecule has 1 saturated heterocycles. The third kappa shape index (κ3) is 7.46. The van der Waals surface area contributed by atoms with Crippen molar-refractivity contribution in [1.82, 2.24) is 24.7 Å². The molecule has 37 heavy (non-hydrogen) atoms. The van der Waals surface area contributed by atoms with Gasteiger partial charge in [-0.05, 0) is 52.7 Å². The van der Waals surface area contributed by atoms with Crippen LogP contribution in [0.2, 0.25) is 0 Å². The molecule has 4 rings (SSSR count). The number of nitrogens with zero attached hydrogens (tertiary/aromatic N) is 5. The van der Waals surface area contributed by atoms with Crippen molar-refractivity contribution in [1.29, 1.82) is 0 Å². The fourth-order valence-electron chi connectivity index (χ4n) is 3.71. The standard InChI is InChI=1S/C22H28N6O4S.C3H8O/c1-14-12-24-16(13-23-14)11-15(2)33(29)27-22-26-25-21(19-9-6-10-32-19)28(22)20-17(30-3)7-5-8-18(20)31-4;1-3(2)4/h5,7-8,12-13,15,19H,6,9-11H2,1-4H3,(H,26,27);3-4H,1-2H3. The van der Waals surface area contributed by atoms with Gasteiger partial charge in [-0.2, -0.15) is 0 Å². The van der Waals surface area contributed by atoms with E-state index in [0.29, 0.717) is 42.0 Å². The molecular weight excluding hydrogens is 496 g/mol. The van der Waals surface area contributed by atoms with E-state index >= 15 is 0 Å². The quantitative estimate of drug-likeness (QED) is 0.426. The minimum absolute atomic E-state index is 0.167. The lowest BCUT2D eigenvalue weighted by atomic mass is 10.2. The molecule has 0 aliphatic carbocycles. The topological polar surface area (TPSA) is 134 Å². The molecule has 11 nitrogen and oxygen atoms in total. The molecule has 3 heterocycles. The smallest absolute Gasteiger partial charge is 0.241 e. The maximum atomic E-state index is 13.2. The molecule has 2 N–H and O–H groups in total. The van der Waals surface area contributed by atoms with Gasteiger partial charge < -0.3 is 19.3 Å². The lowest BCUT2D eigenvalue weighted by molar-refractivity contribution is 0.103. The number of rotatable bonds is 9. The van der Waals surface area contributed by atoms with Gasteiger partial charge >= 0.3 is 0 Å². The minimum Gasteiger partial charge on any atom is -0.494 e. The predicted octanol–water partition coefficient (Wildman–Crippen LogP) is 3.33. The van der Waals surface area contributed by atoms with Gasteiger partial charge in [-0.3, -0.25) is 19.3 Å². The first kappa shape index (κ1) is 28.5. The summed E-state index contributed by atoms with van der Waals surface area (Å²) in [5.74, 6) is 2.07. The van der Waals surface area contributed by atoms with E-state index in [9.17, 15) is 4.21 Å². The van der Waals surface area contributed by atoms with E-state index in [-0.39, 0.29) is 17.5 Å². The zero-order valence-corrected chi connectivity index (χ0v) is 23.0. The predicted molar refractivity (Wildman–Crippen MR) is 141 cm³/mol. The summed E-state index contributed by atoms with van der Waals surface area (Å²) in [6.45, 7) is 7.87. The van der Waals surface area contributed by atoms with Crippen LogP contribution in [0, 0.1) is 6.92 Å². The number of aromatic nitrogens is 5. The molecule has 202 valence electrons. The van der Waals surface area contributed by atoms with Crippen LogP contribution in [0.4, 0.5) is 5.95 Å². The first-order valence-corrected chi connectivity index (χ1v) is 13.4. The summed E-state index contributed by atoms with van der Waals surface area (Å²) < 4.78 is 35.1. The molecule has 0 spiro atoms. The number of para-hydroxylation sites is 1. The average Bonchev–Trinajstić information content (AvgIpc) is 3.54. The Balaban J connectivity index is 0.000000886. The average molecular weight is 533 g/mol. The molecule has 0 bridgehead atoms. The second kappa shape index (κ2) is 13.5. The lowest BCUT2D eigenvalue weighted by Gasteiger charge is -2.19. The Bertz CT molecular complexity index is 1140. The molecular formula is C25H36N6O5S. The maximum absolute atomic E-state index is 13.2. The lowest BCUT2D eigenvalue weighted by Crippen LogP contribution is -2.23. The monoisotopic (exact) mass is 532 g/mol. The number of aliphatic hydroxyl groups excluding tert-OH is 1. The molecule has 0 saturated carbocycles. The van der Waals surface area contributed by atoms with Gasteiger partial charge in [-0.1, -0.05) is 6.07 Å². The number of methoxy groups -OCH3 is 2. The van der Waals surface area contributed by atoms with Gasteiger partial charge in [0.25, 0.3) is 0 Å². The van der Waals surface area contributed by atoms with Crippen LogP contribution in [0.3, 0.4) is 0 Å². The molecule has 2 aromatic heterocycles. The van der Waals surface area contributed by atoms with Crippen molar-refractivity contribution in [2.24, 2.45) is 0 Å². The Morgan fingerprint density at radius 3 is 2.38 bits per heavy atom. The van der Waals surface area contributed by atoms with Gasteiger partial charge in [0.05, 0.1) is 30.9 Å². The fourth-order valence-corrected chi connectivity index (χ4v) is 4.55. The third-order valence-electron chi connectivity index (χ3n) is 5.42. The van der Waals surface area contributed by atoms with Crippen molar-refractivity contribution in [3.05, 3.63) is 47.8 Å². The van der Waals surface area contributed by atoms with Crippen LogP contribution in [0.25, 0.3) is 5.69 Å². The van der Waals surface area contributed by atoms with E-state index < -0.39 is 11.0 Å². The summed E-state index contributed by atoms with van der Waals surface area (Å²) in [7, 11) is 1.70. The molecule has 0 radical (unpaired) electrons. The molecule has 0 amide bonds. The highest BCUT2D eigenvalue weighted by atomic mass is 32.2. The van der Waals surface area contributed by atoms with Crippen LogP contribution >= 0.6 is 0 Å². The summed E-state index contributed by atoms with van der Waals surface area (Å²) in [5, 5.41) is 16.5. The zero-order chi connectivity index (χ0) is 26.9. The largest absolute Gasteiger partial charge is 0.494 e. The highest BCUT2D eigenvalue weighted by Gasteiger charge is 2.30. The first-order valence-electron chi connectivity index (χ1n) is 12.2. The highest BCUT2D eigenvalue weighted by Crippen LogP contribution is 2.38. The number of aliphatic hydroxyl groups is 1. The number of hydrogen-bond donors (Lipinski definition) is 2. The summed E-state index contributed by atoms with van der Waals surface area (Å²) in [5.41, 5.74) is 2.23. The number of benzene rings is 1. The van der Waals surface area contributed by atoms with E-state index in [1.165, 1.54) is 0 Å². The highest BCUT2D eigenvalue weighted by molar-refractivity contribution is 7.86. The summed E-state index contributed by atoms with van der Waals surface area (Å²) >= 11 is 0. The van der Waals surface area contributed by atoms with E-state index in [1.807, 2.05) is 32.0 Å². The van der Waals surface area contributed by atoms with E-state index in [2.05, 4.69) is 24.9 Å². The van der Waals surface area contributed by atoms with Crippen LogP contribution in [0.1, 0.15) is 56.9 Å². The van der Waals surface area contributed by atoms with E-state index in [0.717, 1.165) is 24.2 Å². The number of nitrogens with one attached hydrogen (secondary N) is 1. The fraction of sp³-hybridized carbons (Fsp3) is 0.520. The molecule has 1 aliphatic heterocycles. The van der Waals surface area contributed by atoms with Gasteiger partial charge in [0.15, 0.2) is 5.82 Å². The molecule has 1 aliphatic rings. The Hall–Kier alpha value is -3.09. The Labute approximate surface area is 220 Å². The normalized spacial score (nSPS) is 16.6. The molecule has 1 aromatic carbocycles. The van der Waals surface area contributed by atoms with Crippen LogP contribution in [0.15, 0.2) is 30.6 Å². The molecule has 12 heteroatoms. The van der Waals surface area contributed by atoms with Gasteiger partial charge in [0.2, 0.25) is 5.95 Å². The molecule has 1 fully saturated rings. The van der Waals surface area contributed by atoms with Crippen LogP contribution in [-0.2, 0) is 22.1 Å². The summed E-state index contributed by atoms with van der Waals surface area (Å²) in [6.07, 6.45) is 5.27. The first-order chi connectivity index (χ1) is 17.7. The van der Waals surface area contributed by atoms with Crippen molar-refractivity contribution < 1.29 is 23.5 Å². The summed E-state index contributed by atoms with van der Waals surface area (Å²) in [4.78, 5) is 8.63. The SMILES string of the molecule is CC(C)O.COc1cccc(OC)c1-n1c(NS(=O)C(C)Cc2cnc(C)cn2)nnc1C1CCCO1. The Morgan fingerprint density at radius 2 is 1.84 bits per heavy atom.